The van der Waals surface area contributed by atoms with E-state index in [9.17, 15) is 43.8 Å². The van der Waals surface area contributed by atoms with Gasteiger partial charge >= 0.3 is 0 Å². The highest BCUT2D eigenvalue weighted by atomic mass is 35.5. The lowest BCUT2D eigenvalue weighted by atomic mass is 9.78. The van der Waals surface area contributed by atoms with Gasteiger partial charge in [0.15, 0.2) is 11.6 Å². The number of benzene rings is 4. The Labute approximate surface area is 840 Å². The molecule has 0 aliphatic carbocycles. The first kappa shape index (κ1) is 102. The van der Waals surface area contributed by atoms with Crippen molar-refractivity contribution in [3.63, 3.8) is 0 Å². The Hall–Kier alpha value is -10.7. The number of carbonyl (C=O) groups excluding carboxylic acids is 8. The number of likely N-dealkylation sites (tertiary alicyclic amines) is 2. The van der Waals surface area contributed by atoms with Crippen molar-refractivity contribution in [2.75, 3.05) is 52.6 Å². The van der Waals surface area contributed by atoms with Gasteiger partial charge in [-0.15, -0.1) is 65.7 Å². The predicted molar refractivity (Wildman–Crippen MR) is 539 cm³/mol. The van der Waals surface area contributed by atoms with Crippen LogP contribution in [0.25, 0.3) is 30.9 Å². The maximum atomic E-state index is 15.6. The van der Waals surface area contributed by atoms with Gasteiger partial charge in [0.1, 0.15) is 70.1 Å². The molecule has 140 heavy (non-hydrogen) atoms. The van der Waals surface area contributed by atoms with E-state index >= 15 is 4.79 Å². The van der Waals surface area contributed by atoms with E-state index in [1.54, 1.807) is 45.0 Å². The number of thiazole rings is 2. The molecule has 14 atom stereocenters. The van der Waals surface area contributed by atoms with Crippen LogP contribution in [0.4, 0.5) is 0 Å². The molecule has 12 heterocycles. The third-order valence-electron chi connectivity index (χ3n) is 27.4. The molecular weight excluding hydrogens is 1900 g/mol. The van der Waals surface area contributed by atoms with Crippen LogP contribution in [0.1, 0.15) is 232 Å². The van der Waals surface area contributed by atoms with Crippen molar-refractivity contribution in [2.24, 2.45) is 20.8 Å². The number of aliphatic hydroxyl groups excluding tert-OH is 2. The maximum absolute atomic E-state index is 15.6. The average molecular weight is 2020 g/mol. The molecule has 38 heteroatoms. The standard InChI is InChI=1S/C102H122Cl2N18O14S4/c1-53-58(6)139-99-83(53)85(64-25-29-68(103)30-26-64)111-75(91-117-115-60(8)121(91)99)45-81(125)105-39-15-41-133-49-72-33-35-79(135-72)95(129)113-89(101(10,11)12)97(131)119-47-70(123)43-77(119)93(127)109-56(4)63-19-23-67(24-20-63)88-74(108-52-138-88)37-38-102(13,14)90(98(132)120-48-71(124)44-78(120)94(128)110-55(3)62-17-21-66(22-18-62)87-57(5)107-51-137-87)114-96(130)80-36-34-73(136-80)50-134-42-16-40-106-82(126)46-76-92-118-116-61(9)122(92)100-84(54(2)59(7)140-100)86(112-76)65-27-31-69(104)32-28-65/h17-32,51-52,55-56,70-73,75-80,89-90,123-124H,15-16,33-50H2,1-14H3,(H,105,125)(H,106,126)(H,109,127)(H,110,128)(H,113,129)(H,114,130)/t55-,56-,70+,71+,72+,73?,75-,76-,77-,78-,79-,80+,89+,90+/m0/s1. The van der Waals surface area contributed by atoms with Gasteiger partial charge in [-0.1, -0.05) is 131 Å². The molecule has 4 fully saturated rings. The quantitative estimate of drug-likeness (QED) is 0.0169. The minimum atomic E-state index is -1.22. The summed E-state index contributed by atoms with van der Waals surface area (Å²) < 4.78 is 28.8. The van der Waals surface area contributed by atoms with Crippen LogP contribution in [0.3, 0.4) is 0 Å². The van der Waals surface area contributed by atoms with E-state index in [-0.39, 0.29) is 70.4 Å². The number of nitrogens with one attached hydrogen (secondary N) is 6. The van der Waals surface area contributed by atoms with Crippen LogP contribution >= 0.6 is 68.5 Å². The van der Waals surface area contributed by atoms with Crippen molar-refractivity contribution < 1.29 is 67.5 Å². The Bertz CT molecular complexity index is 6280. The molecule has 16 rings (SSSR count). The number of hydrogen-bond donors (Lipinski definition) is 8. The lowest BCUT2D eigenvalue weighted by Crippen LogP contribution is -2.59. The van der Waals surface area contributed by atoms with Gasteiger partial charge in [-0.2, -0.15) is 0 Å². The van der Waals surface area contributed by atoms with Gasteiger partial charge < -0.3 is 70.9 Å². The van der Waals surface area contributed by atoms with E-state index in [4.69, 9.17) is 57.1 Å². The Balaban J connectivity index is 0.510. The number of hydrogen-bond acceptors (Lipinski definition) is 26. The zero-order chi connectivity index (χ0) is 99.4. The number of aromatic nitrogens is 8. The molecule has 6 aliphatic heterocycles. The summed E-state index contributed by atoms with van der Waals surface area (Å²) in [6.45, 7) is 28.4. The molecule has 32 nitrogen and oxygen atoms in total. The van der Waals surface area contributed by atoms with Crippen molar-refractivity contribution in [2.45, 2.75) is 259 Å². The number of aryl methyl sites for hydroxylation is 6. The fourth-order valence-corrected chi connectivity index (χ4v) is 23.5. The molecule has 4 aromatic carbocycles. The Morgan fingerprint density at radius 3 is 1.36 bits per heavy atom. The number of thiophene rings is 2. The molecule has 1 unspecified atom stereocenters. The van der Waals surface area contributed by atoms with Crippen molar-refractivity contribution >= 4 is 127 Å². The second kappa shape index (κ2) is 44.0. The van der Waals surface area contributed by atoms with Crippen molar-refractivity contribution in [3.8, 4) is 30.9 Å². The van der Waals surface area contributed by atoms with Crippen LogP contribution in [0.5, 0.6) is 0 Å². The predicted octanol–water partition coefficient (Wildman–Crippen LogP) is 13.7. The lowest BCUT2D eigenvalue weighted by molar-refractivity contribution is -0.146. The SMILES string of the molecule is Cc1ncsc1-c1ccc([C@H](C)NC(=O)[C@@H]2C[C@@H](O)CN2C(=O)[C@@H](NC(=O)[C@H]2CCC(COCCCNC(=O)C[C@@H]3N=C(c4ccc(Cl)cc4)c4c(sc(C)c4C)-n4c(C)nnc43)O2)C(C)(C)CCc2ncsc2-c2ccc([C@H](C)NC(=O)[C@@H]3C[C@@H](O)CN3C(=O)[C@@H](NC(=O)[C@@H]3CC[C@H](COCCCNC(=O)C[C@@H]4N=C(c5ccc(Cl)cc5)c5c(sc(C)c5C)-n5c(C)nnc54)O3)C(C)(C)C)cc2)cc1. The average Bonchev–Trinajstić information content (AvgIpc) is 1.59. The molecule has 0 saturated carbocycles. The number of β-amino-alcohol motifs (C(OH)–C–C–N with tert-alkyl or cyclic N) is 2. The smallest absolute Gasteiger partial charge is 0.249 e. The number of ether oxygens (including phenoxy) is 4. The Morgan fingerprint density at radius 1 is 0.514 bits per heavy atom. The molecule has 8 amide bonds. The highest BCUT2D eigenvalue weighted by Gasteiger charge is 2.50. The molecule has 4 saturated heterocycles. The van der Waals surface area contributed by atoms with Gasteiger partial charge in [-0.25, -0.2) is 9.97 Å². The van der Waals surface area contributed by atoms with Crippen LogP contribution in [0, 0.1) is 59.3 Å². The lowest BCUT2D eigenvalue weighted by Gasteiger charge is -2.38. The van der Waals surface area contributed by atoms with E-state index in [1.807, 2.05) is 175 Å². The summed E-state index contributed by atoms with van der Waals surface area (Å²) in [4.78, 5) is 143. The Morgan fingerprint density at radius 2 is 0.929 bits per heavy atom. The number of halogens is 2. The van der Waals surface area contributed by atoms with E-state index < -0.39 is 131 Å². The second-order valence-electron chi connectivity index (χ2n) is 39.1. The fraction of sp³-hybridized carbons (Fsp3) is 0.490. The van der Waals surface area contributed by atoms with Crippen molar-refractivity contribution in [1.82, 2.24) is 81.2 Å². The van der Waals surface area contributed by atoms with Crippen LogP contribution in [0.15, 0.2) is 118 Å². The minimum absolute atomic E-state index is 0.0222. The summed E-state index contributed by atoms with van der Waals surface area (Å²) in [5, 5.41) is 61.9. The topological polar surface area (TPSA) is 405 Å². The highest BCUT2D eigenvalue weighted by Crippen LogP contribution is 2.44. The largest absolute Gasteiger partial charge is 0.391 e. The number of aliphatic imine (C=N–C) groups is 2. The molecule has 6 aromatic heterocycles. The fourth-order valence-electron chi connectivity index (χ4n) is 19.2. The van der Waals surface area contributed by atoms with Crippen molar-refractivity contribution in [1.29, 1.82) is 0 Å². The van der Waals surface area contributed by atoms with E-state index in [2.05, 4.69) is 85.0 Å². The Kier molecular flexibility index (Phi) is 32.1. The normalized spacial score (nSPS) is 20.9. The summed E-state index contributed by atoms with van der Waals surface area (Å²) in [5.41, 5.74) is 14.2. The van der Waals surface area contributed by atoms with Crippen LogP contribution in [-0.4, -0.2) is 232 Å². The molecule has 742 valence electrons. The zero-order valence-corrected chi connectivity index (χ0v) is 85.9. The third kappa shape index (κ3) is 23.0. The van der Waals surface area contributed by atoms with Gasteiger partial charge in [0.25, 0.3) is 0 Å². The molecule has 6 aliphatic rings. The molecule has 0 radical (unpaired) electrons. The van der Waals surface area contributed by atoms with E-state index in [1.165, 1.54) is 21.1 Å². The highest BCUT2D eigenvalue weighted by molar-refractivity contribution is 7.15. The van der Waals surface area contributed by atoms with Gasteiger partial charge in [-0.05, 0) is 182 Å². The number of rotatable bonds is 36. The van der Waals surface area contributed by atoms with E-state index in [0.717, 1.165) is 108 Å². The van der Waals surface area contributed by atoms with Crippen LogP contribution in [-0.2, 0) is 63.7 Å². The molecular formula is C102H122Cl2N18O14S4. The third-order valence-corrected chi connectivity index (χ3v) is 32.1. The summed E-state index contributed by atoms with van der Waals surface area (Å²) >= 11 is 18.9. The van der Waals surface area contributed by atoms with Gasteiger partial charge in [0, 0.05) is 94.3 Å². The first-order chi connectivity index (χ1) is 66.9. The first-order valence-electron chi connectivity index (χ1n) is 47.9. The zero-order valence-electron chi connectivity index (χ0n) is 81.2. The van der Waals surface area contributed by atoms with Gasteiger partial charge in [0.05, 0.1) is 106 Å². The number of nitrogens with zero attached hydrogens (tertiary/aromatic N) is 12. The molecule has 0 spiro atoms. The number of aliphatic hydroxyl groups is 2. The summed E-state index contributed by atoms with van der Waals surface area (Å²) in [7, 11) is 0. The molecule has 8 N–H and O–H groups in total. The monoisotopic (exact) mass is 2020 g/mol. The number of amides is 8. The van der Waals surface area contributed by atoms with Crippen molar-refractivity contribution in [3.05, 3.63) is 207 Å². The number of carbonyl (C=O) groups is 8. The second-order valence-corrected chi connectivity index (χ2v) is 44.0. The van der Waals surface area contributed by atoms with Crippen LogP contribution < -0.4 is 31.9 Å². The summed E-state index contributed by atoms with van der Waals surface area (Å²) in [6, 6.07) is 23.9. The molecule has 10 aromatic rings. The first-order valence-corrected chi connectivity index (χ1v) is 52.0. The van der Waals surface area contributed by atoms with E-state index in [0.29, 0.717) is 104 Å². The summed E-state index contributed by atoms with van der Waals surface area (Å²) in [5.74, 6) is -0.855. The van der Waals surface area contributed by atoms with Gasteiger partial charge in [-0.3, -0.25) is 57.5 Å². The van der Waals surface area contributed by atoms with Gasteiger partial charge in [0.2, 0.25) is 47.3 Å². The number of fused-ring (bicyclic) bond motifs is 6. The summed E-state index contributed by atoms with van der Waals surface area (Å²) in [6.07, 6.45) is -1.32. The minimum Gasteiger partial charge on any atom is -0.391 e. The maximum Gasteiger partial charge on any atom is 0.249 e. The molecule has 0 bridgehead atoms. The van der Waals surface area contributed by atoms with Crippen LogP contribution in [0.2, 0.25) is 10.0 Å².